The van der Waals surface area contributed by atoms with E-state index in [1.54, 1.807) is 31.4 Å². The van der Waals surface area contributed by atoms with Gasteiger partial charge in [0.25, 0.3) is 5.56 Å². The van der Waals surface area contributed by atoms with Crippen LogP contribution in [0.5, 0.6) is 0 Å². The molecule has 0 fully saturated rings. The standard InChI is InChI=1S/C15H13N3O2S/c1-16-13-7-6-10(8-17-13)9-18-14(19)11-4-2-3-5-12(11)21-15(18)20/h2-8H,9H2,1H3,(H,16,17). The van der Waals surface area contributed by atoms with Gasteiger partial charge in [0.05, 0.1) is 11.9 Å². The zero-order valence-electron chi connectivity index (χ0n) is 11.4. The Kier molecular flexibility index (Phi) is 3.53. The van der Waals surface area contributed by atoms with Gasteiger partial charge in [-0.05, 0) is 23.8 Å². The highest BCUT2D eigenvalue weighted by molar-refractivity contribution is 7.16. The lowest BCUT2D eigenvalue weighted by Crippen LogP contribution is -2.31. The summed E-state index contributed by atoms with van der Waals surface area (Å²) in [6.07, 6.45) is 1.66. The van der Waals surface area contributed by atoms with E-state index in [-0.39, 0.29) is 17.0 Å². The van der Waals surface area contributed by atoms with Crippen molar-refractivity contribution in [3.8, 4) is 0 Å². The summed E-state index contributed by atoms with van der Waals surface area (Å²) in [4.78, 5) is 28.5. The quantitative estimate of drug-likeness (QED) is 0.802. The van der Waals surface area contributed by atoms with Crippen LogP contribution in [0.3, 0.4) is 0 Å². The zero-order valence-corrected chi connectivity index (χ0v) is 12.2. The molecule has 1 N–H and O–H groups in total. The van der Waals surface area contributed by atoms with Crippen LogP contribution in [-0.2, 0) is 6.54 Å². The number of pyridine rings is 1. The molecular weight excluding hydrogens is 286 g/mol. The Morgan fingerprint density at radius 1 is 1.19 bits per heavy atom. The van der Waals surface area contributed by atoms with E-state index in [4.69, 9.17) is 0 Å². The predicted octanol–water partition coefficient (Wildman–Crippen LogP) is 1.91. The third-order valence-corrected chi connectivity index (χ3v) is 4.17. The summed E-state index contributed by atoms with van der Waals surface area (Å²) in [7, 11) is 1.78. The number of anilines is 1. The number of rotatable bonds is 3. The van der Waals surface area contributed by atoms with Gasteiger partial charge in [0.2, 0.25) is 0 Å². The fraction of sp³-hybridized carbons (Fsp3) is 0.133. The second-order valence-corrected chi connectivity index (χ2v) is 5.55. The Hall–Kier alpha value is -2.47. The molecule has 21 heavy (non-hydrogen) atoms. The van der Waals surface area contributed by atoms with Crippen molar-refractivity contribution in [3.05, 3.63) is 68.2 Å². The van der Waals surface area contributed by atoms with E-state index in [0.717, 1.165) is 22.7 Å². The fourth-order valence-electron chi connectivity index (χ4n) is 2.09. The Labute approximate surface area is 124 Å². The van der Waals surface area contributed by atoms with Crippen molar-refractivity contribution in [1.82, 2.24) is 9.55 Å². The second kappa shape index (κ2) is 5.49. The van der Waals surface area contributed by atoms with Gasteiger partial charge in [0, 0.05) is 17.9 Å². The van der Waals surface area contributed by atoms with Crippen molar-refractivity contribution < 1.29 is 0 Å². The predicted molar refractivity (Wildman–Crippen MR) is 85.2 cm³/mol. The third-order valence-electron chi connectivity index (χ3n) is 3.20. The minimum atomic E-state index is -0.257. The normalized spacial score (nSPS) is 10.7. The minimum Gasteiger partial charge on any atom is -0.373 e. The lowest BCUT2D eigenvalue weighted by Gasteiger charge is -2.06. The van der Waals surface area contributed by atoms with Crippen LogP contribution in [0.25, 0.3) is 10.1 Å². The molecule has 5 nitrogen and oxygen atoms in total. The van der Waals surface area contributed by atoms with Gasteiger partial charge >= 0.3 is 4.87 Å². The van der Waals surface area contributed by atoms with Gasteiger partial charge in [-0.1, -0.05) is 29.5 Å². The molecule has 0 atom stereocenters. The Morgan fingerprint density at radius 2 is 2.00 bits per heavy atom. The highest BCUT2D eigenvalue weighted by atomic mass is 32.1. The monoisotopic (exact) mass is 299 g/mol. The highest BCUT2D eigenvalue weighted by Gasteiger charge is 2.08. The number of aromatic nitrogens is 2. The maximum absolute atomic E-state index is 12.4. The summed E-state index contributed by atoms with van der Waals surface area (Å²) in [5, 5.41) is 3.50. The molecular formula is C15H13N3O2S. The van der Waals surface area contributed by atoms with Crippen molar-refractivity contribution in [2.45, 2.75) is 6.54 Å². The van der Waals surface area contributed by atoms with Crippen molar-refractivity contribution in [2.24, 2.45) is 0 Å². The molecule has 0 aliphatic rings. The Bertz CT molecular complexity index is 897. The first-order valence-corrected chi connectivity index (χ1v) is 7.26. The van der Waals surface area contributed by atoms with Gasteiger partial charge in [-0.25, -0.2) is 4.98 Å². The number of nitrogens with zero attached hydrogens (tertiary/aromatic N) is 2. The molecule has 0 radical (unpaired) electrons. The van der Waals surface area contributed by atoms with Gasteiger partial charge in [0.1, 0.15) is 5.82 Å². The van der Waals surface area contributed by atoms with E-state index >= 15 is 0 Å². The van der Waals surface area contributed by atoms with Crippen LogP contribution in [0.4, 0.5) is 5.82 Å². The smallest absolute Gasteiger partial charge is 0.310 e. The fourth-order valence-corrected chi connectivity index (χ4v) is 2.95. The van der Waals surface area contributed by atoms with Crippen LogP contribution in [-0.4, -0.2) is 16.6 Å². The van der Waals surface area contributed by atoms with Gasteiger partial charge in [-0.3, -0.25) is 14.2 Å². The molecule has 0 saturated heterocycles. The SMILES string of the molecule is CNc1ccc(Cn2c(=O)sc3ccccc3c2=O)cn1. The van der Waals surface area contributed by atoms with E-state index in [2.05, 4.69) is 10.3 Å². The summed E-state index contributed by atoms with van der Waals surface area (Å²) in [6, 6.07) is 10.8. The van der Waals surface area contributed by atoms with Crippen LogP contribution in [0, 0.1) is 0 Å². The van der Waals surface area contributed by atoms with Crippen LogP contribution in [0.15, 0.2) is 52.2 Å². The molecule has 0 spiro atoms. The summed E-state index contributed by atoms with van der Waals surface area (Å²) >= 11 is 1.08. The van der Waals surface area contributed by atoms with Gasteiger partial charge in [-0.2, -0.15) is 0 Å². The lowest BCUT2D eigenvalue weighted by atomic mass is 10.2. The van der Waals surface area contributed by atoms with Gasteiger partial charge < -0.3 is 5.32 Å². The van der Waals surface area contributed by atoms with E-state index in [9.17, 15) is 9.59 Å². The molecule has 2 aromatic heterocycles. The third kappa shape index (κ3) is 2.57. The van der Waals surface area contributed by atoms with E-state index in [1.807, 2.05) is 18.2 Å². The minimum absolute atomic E-state index is 0.232. The first kappa shape index (κ1) is 13.5. The molecule has 6 heteroatoms. The number of nitrogens with one attached hydrogen (secondary N) is 1. The van der Waals surface area contributed by atoms with Crippen LogP contribution in [0.2, 0.25) is 0 Å². The highest BCUT2D eigenvalue weighted by Crippen LogP contribution is 2.11. The molecule has 2 heterocycles. The van der Waals surface area contributed by atoms with E-state index in [0.29, 0.717) is 10.1 Å². The Morgan fingerprint density at radius 3 is 2.71 bits per heavy atom. The first-order valence-electron chi connectivity index (χ1n) is 6.44. The van der Waals surface area contributed by atoms with Crippen molar-refractivity contribution in [3.63, 3.8) is 0 Å². The molecule has 0 aliphatic heterocycles. The maximum atomic E-state index is 12.4. The first-order chi connectivity index (χ1) is 10.2. The van der Waals surface area contributed by atoms with Crippen LogP contribution >= 0.6 is 11.3 Å². The number of hydrogen-bond donors (Lipinski definition) is 1. The zero-order chi connectivity index (χ0) is 14.8. The van der Waals surface area contributed by atoms with E-state index < -0.39 is 0 Å². The van der Waals surface area contributed by atoms with Crippen LogP contribution < -0.4 is 15.7 Å². The Balaban J connectivity index is 2.07. The topological polar surface area (TPSA) is 64.0 Å². The van der Waals surface area contributed by atoms with Gasteiger partial charge in [-0.15, -0.1) is 0 Å². The number of benzene rings is 1. The lowest BCUT2D eigenvalue weighted by molar-refractivity contribution is 0.750. The van der Waals surface area contributed by atoms with Crippen molar-refractivity contribution in [1.29, 1.82) is 0 Å². The van der Waals surface area contributed by atoms with E-state index in [1.165, 1.54) is 4.57 Å². The van der Waals surface area contributed by atoms with Crippen LogP contribution in [0.1, 0.15) is 5.56 Å². The summed E-state index contributed by atoms with van der Waals surface area (Å²) < 4.78 is 1.97. The molecule has 0 unspecified atom stereocenters. The maximum Gasteiger partial charge on any atom is 0.310 e. The molecule has 3 rings (SSSR count). The average molecular weight is 299 g/mol. The molecule has 3 aromatic rings. The summed E-state index contributed by atoms with van der Waals surface area (Å²) in [5.74, 6) is 0.745. The number of hydrogen-bond acceptors (Lipinski definition) is 5. The molecule has 0 amide bonds. The average Bonchev–Trinajstić information content (AvgIpc) is 2.52. The van der Waals surface area contributed by atoms with Gasteiger partial charge in [0.15, 0.2) is 0 Å². The molecule has 0 saturated carbocycles. The molecule has 0 bridgehead atoms. The van der Waals surface area contributed by atoms with Crippen molar-refractivity contribution in [2.75, 3.05) is 12.4 Å². The van der Waals surface area contributed by atoms with Crippen molar-refractivity contribution >= 4 is 27.2 Å². The summed E-state index contributed by atoms with van der Waals surface area (Å²) in [5.41, 5.74) is 0.558. The largest absolute Gasteiger partial charge is 0.373 e. The molecule has 106 valence electrons. The second-order valence-electron chi connectivity index (χ2n) is 4.56. The summed E-state index contributed by atoms with van der Waals surface area (Å²) in [6.45, 7) is 0.232. The molecule has 1 aromatic carbocycles. The molecule has 0 aliphatic carbocycles. The number of fused-ring (bicyclic) bond motifs is 1.